The van der Waals surface area contributed by atoms with Crippen molar-refractivity contribution in [3.8, 4) is 5.75 Å². The second-order valence-corrected chi connectivity index (χ2v) is 15.0. The van der Waals surface area contributed by atoms with E-state index in [1.54, 1.807) is 43.3 Å². The molecule has 1 amide bonds. The van der Waals surface area contributed by atoms with Crippen LogP contribution in [0.25, 0.3) is 11.0 Å². The van der Waals surface area contributed by atoms with Crippen molar-refractivity contribution in [1.29, 1.82) is 0 Å². The fraction of sp³-hybridized carbons (Fsp3) is 0.320. The van der Waals surface area contributed by atoms with Gasteiger partial charge >= 0.3 is 5.97 Å². The lowest BCUT2D eigenvalue weighted by Gasteiger charge is -2.36. The first kappa shape index (κ1) is 25.7. The smallest absolute Gasteiger partial charge is 0.374 e. The van der Waals surface area contributed by atoms with Crippen LogP contribution in [-0.4, -0.2) is 26.8 Å². The molecule has 0 aliphatic rings. The van der Waals surface area contributed by atoms with E-state index in [0.29, 0.717) is 15.8 Å². The normalized spacial score (nSPS) is 11.9. The Morgan fingerprint density at radius 2 is 1.74 bits per heavy atom. The van der Waals surface area contributed by atoms with E-state index in [0.717, 1.165) is 6.07 Å². The van der Waals surface area contributed by atoms with Crippen molar-refractivity contribution in [3.05, 3.63) is 68.5 Å². The highest BCUT2D eigenvalue weighted by molar-refractivity contribution is 9.10. The van der Waals surface area contributed by atoms with E-state index in [1.807, 2.05) is 0 Å². The van der Waals surface area contributed by atoms with Crippen LogP contribution in [0.15, 0.2) is 56.1 Å². The Balaban J connectivity index is 1.91. The summed E-state index contributed by atoms with van der Waals surface area (Å²) in [5.41, 5.74) is 0.317. The maximum atomic E-state index is 13.0. The fourth-order valence-electron chi connectivity index (χ4n) is 2.94. The zero-order chi connectivity index (χ0) is 25.3. The monoisotopic (exact) mass is 545 g/mol. The summed E-state index contributed by atoms with van der Waals surface area (Å²) in [7, 11) is -2.00. The van der Waals surface area contributed by atoms with Crippen molar-refractivity contribution >= 4 is 52.8 Å². The molecule has 7 nitrogen and oxygen atoms in total. The molecule has 9 heteroatoms. The van der Waals surface area contributed by atoms with Crippen LogP contribution in [0.3, 0.4) is 0 Å². The van der Waals surface area contributed by atoms with E-state index in [9.17, 15) is 14.4 Å². The Hall–Kier alpha value is -2.91. The van der Waals surface area contributed by atoms with Crippen molar-refractivity contribution in [1.82, 2.24) is 0 Å². The molecule has 0 unspecified atom stereocenters. The molecule has 34 heavy (non-hydrogen) atoms. The molecule has 0 radical (unpaired) electrons. The molecule has 3 aromatic rings. The number of nitrogens with one attached hydrogen (secondary N) is 1. The van der Waals surface area contributed by atoms with Crippen LogP contribution < -0.4 is 15.2 Å². The van der Waals surface area contributed by atoms with Crippen LogP contribution in [-0.2, 0) is 4.74 Å². The number of anilines is 1. The standard InChI is InChI=1S/C25H28BrNO6Si/c1-7-31-24(30)21-14-20(28)18-12-16(26)13-19(22(18)32-21)27-23(29)15-8-10-17(11-9-15)33-34(5,6)25(2,3)4/h8-14H,7H2,1-6H3,(H,27,29). The predicted octanol–water partition coefficient (Wildman–Crippen LogP) is 6.37. The van der Waals surface area contributed by atoms with Gasteiger partial charge in [-0.1, -0.05) is 36.7 Å². The van der Waals surface area contributed by atoms with Gasteiger partial charge in [0, 0.05) is 16.1 Å². The van der Waals surface area contributed by atoms with E-state index < -0.39 is 25.6 Å². The summed E-state index contributed by atoms with van der Waals surface area (Å²) in [6.45, 7) is 12.6. The number of fused-ring (bicyclic) bond motifs is 1. The van der Waals surface area contributed by atoms with Gasteiger partial charge in [-0.05, 0) is 61.5 Å². The lowest BCUT2D eigenvalue weighted by Crippen LogP contribution is -2.43. The Kier molecular flexibility index (Phi) is 7.37. The van der Waals surface area contributed by atoms with Gasteiger partial charge in [0.25, 0.3) is 5.91 Å². The van der Waals surface area contributed by atoms with E-state index in [2.05, 4.69) is 55.1 Å². The van der Waals surface area contributed by atoms with Crippen LogP contribution in [0.1, 0.15) is 48.6 Å². The lowest BCUT2D eigenvalue weighted by atomic mass is 10.1. The number of carbonyl (C=O) groups excluding carboxylic acids is 2. The molecule has 0 fully saturated rings. The maximum Gasteiger partial charge on any atom is 0.374 e. The summed E-state index contributed by atoms with van der Waals surface area (Å²) in [5.74, 6) is -0.674. The third kappa shape index (κ3) is 5.59. The molecular weight excluding hydrogens is 518 g/mol. The quantitative estimate of drug-likeness (QED) is 0.285. The van der Waals surface area contributed by atoms with Crippen LogP contribution >= 0.6 is 15.9 Å². The molecule has 3 rings (SSSR count). The van der Waals surface area contributed by atoms with Gasteiger partial charge in [0.1, 0.15) is 5.75 Å². The van der Waals surface area contributed by atoms with Crippen LogP contribution in [0.2, 0.25) is 18.1 Å². The highest BCUT2D eigenvalue weighted by Gasteiger charge is 2.38. The average molecular weight is 546 g/mol. The molecule has 180 valence electrons. The number of carbonyl (C=O) groups is 2. The van der Waals surface area contributed by atoms with E-state index >= 15 is 0 Å². The lowest BCUT2D eigenvalue weighted by molar-refractivity contribution is 0.0490. The SMILES string of the molecule is CCOC(=O)c1cc(=O)c2cc(Br)cc(NC(=O)c3ccc(O[Si](C)(C)C(C)(C)C)cc3)c2o1. The van der Waals surface area contributed by atoms with Gasteiger partial charge in [-0.15, -0.1) is 0 Å². The van der Waals surface area contributed by atoms with Crippen molar-refractivity contribution in [2.45, 2.75) is 45.8 Å². The summed E-state index contributed by atoms with van der Waals surface area (Å²) in [6.07, 6.45) is 0. The number of rotatable bonds is 6. The topological polar surface area (TPSA) is 94.8 Å². The molecule has 1 aromatic heterocycles. The van der Waals surface area contributed by atoms with Gasteiger partial charge in [0.05, 0.1) is 17.7 Å². The molecule has 0 bridgehead atoms. The van der Waals surface area contributed by atoms with Gasteiger partial charge < -0.3 is 18.9 Å². The predicted molar refractivity (Wildman–Crippen MR) is 138 cm³/mol. The highest BCUT2D eigenvalue weighted by Crippen LogP contribution is 2.37. The summed E-state index contributed by atoms with van der Waals surface area (Å²) in [4.78, 5) is 37.6. The Morgan fingerprint density at radius 1 is 1.09 bits per heavy atom. The van der Waals surface area contributed by atoms with Gasteiger partial charge in [0.2, 0.25) is 14.1 Å². The fourth-order valence-corrected chi connectivity index (χ4v) is 4.42. The molecule has 1 N–H and O–H groups in total. The zero-order valence-electron chi connectivity index (χ0n) is 20.1. The van der Waals surface area contributed by atoms with Crippen molar-refractivity contribution in [2.24, 2.45) is 0 Å². The molecule has 1 heterocycles. The second-order valence-electron chi connectivity index (χ2n) is 9.37. The van der Waals surface area contributed by atoms with Crippen LogP contribution in [0.4, 0.5) is 5.69 Å². The Labute approximate surface area is 207 Å². The first-order chi connectivity index (χ1) is 15.8. The van der Waals surface area contributed by atoms with Crippen molar-refractivity contribution in [2.75, 3.05) is 11.9 Å². The van der Waals surface area contributed by atoms with Gasteiger partial charge in [-0.25, -0.2) is 4.79 Å². The third-order valence-corrected chi connectivity index (χ3v) is 10.6. The van der Waals surface area contributed by atoms with Gasteiger partial charge in [-0.2, -0.15) is 0 Å². The number of esters is 1. The minimum atomic E-state index is -2.00. The number of halogens is 1. The molecular formula is C25H28BrNO6Si. The Morgan fingerprint density at radius 3 is 2.32 bits per heavy atom. The molecule has 0 atom stereocenters. The summed E-state index contributed by atoms with van der Waals surface area (Å²) in [5, 5.41) is 3.04. The van der Waals surface area contributed by atoms with Crippen LogP contribution in [0, 0.1) is 0 Å². The minimum Gasteiger partial charge on any atom is -0.544 e. The maximum absolute atomic E-state index is 13.0. The number of amides is 1. The molecule has 0 aliphatic carbocycles. The molecule has 0 saturated carbocycles. The first-order valence-corrected chi connectivity index (χ1v) is 14.6. The largest absolute Gasteiger partial charge is 0.544 e. The van der Waals surface area contributed by atoms with Crippen LogP contribution in [0.5, 0.6) is 5.75 Å². The van der Waals surface area contributed by atoms with E-state index in [-0.39, 0.29) is 34.1 Å². The highest BCUT2D eigenvalue weighted by atomic mass is 79.9. The summed E-state index contributed by atoms with van der Waals surface area (Å²) < 4.78 is 17.4. The van der Waals surface area contributed by atoms with Crippen molar-refractivity contribution < 1.29 is 23.2 Å². The minimum absolute atomic E-state index is 0.0527. The number of hydrogen-bond donors (Lipinski definition) is 1. The Bertz CT molecular complexity index is 1290. The zero-order valence-corrected chi connectivity index (χ0v) is 22.7. The van der Waals surface area contributed by atoms with E-state index in [4.69, 9.17) is 13.6 Å². The average Bonchev–Trinajstić information content (AvgIpc) is 2.73. The number of ether oxygens (including phenoxy) is 1. The molecule has 2 aromatic carbocycles. The number of benzene rings is 2. The summed E-state index contributed by atoms with van der Waals surface area (Å²) >= 11 is 3.35. The van der Waals surface area contributed by atoms with E-state index in [1.165, 1.54) is 0 Å². The van der Waals surface area contributed by atoms with Gasteiger partial charge in [0.15, 0.2) is 11.0 Å². The second kappa shape index (κ2) is 9.75. The molecule has 0 aliphatic heterocycles. The van der Waals surface area contributed by atoms with Gasteiger partial charge in [-0.3, -0.25) is 9.59 Å². The molecule has 0 spiro atoms. The summed E-state index contributed by atoms with van der Waals surface area (Å²) in [6, 6.07) is 11.2. The first-order valence-electron chi connectivity index (χ1n) is 10.9. The molecule has 0 saturated heterocycles. The third-order valence-electron chi connectivity index (χ3n) is 5.81. The number of hydrogen-bond acceptors (Lipinski definition) is 6. The van der Waals surface area contributed by atoms with Crippen molar-refractivity contribution in [3.63, 3.8) is 0 Å².